The molecule has 0 spiro atoms. The summed E-state index contributed by atoms with van der Waals surface area (Å²) < 4.78 is 5.30. The summed E-state index contributed by atoms with van der Waals surface area (Å²) in [6.45, 7) is 23.6. The summed E-state index contributed by atoms with van der Waals surface area (Å²) >= 11 is 0. The van der Waals surface area contributed by atoms with Gasteiger partial charge in [-0.15, -0.1) is 0 Å². The second-order valence-electron chi connectivity index (χ2n) is 14.7. The Kier molecular flexibility index (Phi) is 6.91. The summed E-state index contributed by atoms with van der Waals surface area (Å²) in [7, 11) is 0. The zero-order valence-electron chi connectivity index (χ0n) is 24.1. The van der Waals surface area contributed by atoms with E-state index in [4.69, 9.17) is 4.74 Å². The Morgan fingerprint density at radius 3 is 2.03 bits per heavy atom. The zero-order valence-corrected chi connectivity index (χ0v) is 24.1. The molecule has 0 aromatic heterocycles. The van der Waals surface area contributed by atoms with E-state index >= 15 is 0 Å². The number of aliphatic hydroxyl groups is 1. The van der Waals surface area contributed by atoms with Gasteiger partial charge in [-0.25, -0.2) is 0 Å². The fraction of sp³-hybridized carbons (Fsp3) is 0.906. The molecule has 3 heteroatoms. The van der Waals surface area contributed by atoms with E-state index in [1.165, 1.54) is 45.4 Å². The molecule has 35 heavy (non-hydrogen) atoms. The molecule has 3 nitrogen and oxygen atoms in total. The maximum absolute atomic E-state index is 12.0. The van der Waals surface area contributed by atoms with E-state index in [0.717, 1.165) is 49.0 Å². The molecule has 200 valence electrons. The molecular weight excluding hydrogens is 432 g/mol. The van der Waals surface area contributed by atoms with E-state index in [-0.39, 0.29) is 17.3 Å². The molecule has 0 radical (unpaired) electrons. The summed E-state index contributed by atoms with van der Waals surface area (Å²) in [4.78, 5) is 11.4. The van der Waals surface area contributed by atoms with Gasteiger partial charge in [0.2, 0.25) is 0 Å². The van der Waals surface area contributed by atoms with E-state index in [1.54, 1.807) is 0 Å². The fourth-order valence-electron chi connectivity index (χ4n) is 11.2. The van der Waals surface area contributed by atoms with E-state index in [0.29, 0.717) is 28.8 Å². The Morgan fingerprint density at radius 2 is 1.49 bits per heavy atom. The van der Waals surface area contributed by atoms with Crippen LogP contribution in [0, 0.1) is 51.2 Å². The largest absolute Gasteiger partial charge is 0.466 e. The highest BCUT2D eigenvalue weighted by Crippen LogP contribution is 2.77. The number of carbonyl (C=O) groups excluding carboxylic acids is 1. The minimum atomic E-state index is -0.815. The second-order valence-corrected chi connectivity index (χ2v) is 14.7. The molecule has 4 fully saturated rings. The normalized spacial score (nSPS) is 49.2. The molecule has 4 rings (SSSR count). The summed E-state index contributed by atoms with van der Waals surface area (Å²) in [6, 6.07) is 0. The van der Waals surface area contributed by atoms with Crippen LogP contribution in [0.1, 0.15) is 120 Å². The van der Waals surface area contributed by atoms with E-state index in [1.807, 2.05) is 6.92 Å². The Morgan fingerprint density at radius 1 is 0.914 bits per heavy atom. The molecule has 0 amide bonds. The Balaban J connectivity index is 1.68. The third-order valence-electron chi connectivity index (χ3n) is 13.1. The van der Waals surface area contributed by atoms with Crippen LogP contribution in [0.3, 0.4) is 0 Å². The molecule has 0 bridgehead atoms. The maximum Gasteiger partial charge on any atom is 0.302 e. The molecule has 0 saturated heterocycles. The van der Waals surface area contributed by atoms with Gasteiger partial charge in [0.25, 0.3) is 0 Å². The first-order chi connectivity index (χ1) is 16.2. The van der Waals surface area contributed by atoms with Crippen molar-refractivity contribution in [3.05, 3.63) is 12.2 Å². The molecule has 4 aliphatic rings. The van der Waals surface area contributed by atoms with Crippen molar-refractivity contribution in [2.45, 2.75) is 125 Å². The first-order valence-electron chi connectivity index (χ1n) is 14.7. The summed E-state index contributed by atoms with van der Waals surface area (Å²) in [5.74, 6) is 3.02. The number of ether oxygens (including phenoxy) is 1. The van der Waals surface area contributed by atoms with Crippen molar-refractivity contribution in [3.63, 3.8) is 0 Å². The second kappa shape index (κ2) is 8.88. The fourth-order valence-corrected chi connectivity index (χ4v) is 11.2. The lowest BCUT2D eigenvalue weighted by Gasteiger charge is -2.72. The van der Waals surface area contributed by atoms with Crippen molar-refractivity contribution in [3.8, 4) is 0 Å². The predicted molar refractivity (Wildman–Crippen MR) is 144 cm³/mol. The Labute approximate surface area is 215 Å². The van der Waals surface area contributed by atoms with Crippen LogP contribution in [0.2, 0.25) is 0 Å². The van der Waals surface area contributed by atoms with Crippen molar-refractivity contribution in [2.75, 3.05) is 6.61 Å². The van der Waals surface area contributed by atoms with Crippen molar-refractivity contribution >= 4 is 5.97 Å². The number of esters is 1. The van der Waals surface area contributed by atoms with Gasteiger partial charge >= 0.3 is 5.97 Å². The molecule has 0 unspecified atom stereocenters. The van der Waals surface area contributed by atoms with Gasteiger partial charge in [0.15, 0.2) is 0 Å². The molecule has 0 heterocycles. The SMILES string of the molecule is C=C(C)[C@]1(O)CC[C@H]2[C@@](C)(CC[C@@]3(C)[C@@H]4CC[C@H](C(C)C)[C@@]4(C)CC[C@]23C)[C@@H]1CCCOC(C)=O. The Bertz CT molecular complexity index is 848. The van der Waals surface area contributed by atoms with E-state index < -0.39 is 5.60 Å². The zero-order chi connectivity index (χ0) is 26.0. The standard InChI is InChI=1S/C32H54O3/c1-21(2)24-12-13-25-28(24,6)16-18-31(9)26-14-15-32(34,22(3)4)27(11-10-20-35-23(5)33)29(26,7)17-19-30(25,31)8/h21,24-27,34H,3,10-20H2,1-2,4-9H3/t24-,25-,26+,27+,28-,29-,30+,31-,32-/m1/s1. The van der Waals surface area contributed by atoms with Gasteiger partial charge < -0.3 is 9.84 Å². The maximum atomic E-state index is 12.0. The highest BCUT2D eigenvalue weighted by molar-refractivity contribution is 5.65. The minimum Gasteiger partial charge on any atom is -0.466 e. The van der Waals surface area contributed by atoms with Crippen LogP contribution >= 0.6 is 0 Å². The van der Waals surface area contributed by atoms with Gasteiger partial charge in [-0.3, -0.25) is 4.79 Å². The van der Waals surface area contributed by atoms with Crippen LogP contribution in [0.15, 0.2) is 12.2 Å². The van der Waals surface area contributed by atoms with Gasteiger partial charge in [0.05, 0.1) is 12.2 Å². The van der Waals surface area contributed by atoms with Crippen molar-refractivity contribution in [1.29, 1.82) is 0 Å². The lowest BCUT2D eigenvalue weighted by Crippen LogP contribution is -2.67. The Hall–Kier alpha value is -0.830. The molecule has 4 saturated carbocycles. The third kappa shape index (κ3) is 3.79. The lowest BCUT2D eigenvalue weighted by molar-refractivity contribution is -0.245. The van der Waals surface area contributed by atoms with Crippen molar-refractivity contribution < 1.29 is 14.6 Å². The van der Waals surface area contributed by atoms with E-state index in [2.05, 4.69) is 48.1 Å². The first-order valence-corrected chi connectivity index (χ1v) is 14.7. The van der Waals surface area contributed by atoms with Crippen LogP contribution in [-0.2, 0) is 9.53 Å². The number of fused-ring (bicyclic) bond motifs is 5. The van der Waals surface area contributed by atoms with Gasteiger partial charge in [-0.05, 0) is 128 Å². The van der Waals surface area contributed by atoms with Gasteiger partial charge in [0, 0.05) is 6.92 Å². The highest BCUT2D eigenvalue weighted by Gasteiger charge is 2.71. The van der Waals surface area contributed by atoms with Crippen LogP contribution in [0.5, 0.6) is 0 Å². The van der Waals surface area contributed by atoms with Gasteiger partial charge in [-0.2, -0.15) is 0 Å². The summed E-state index contributed by atoms with van der Waals surface area (Å²) in [5, 5.41) is 12.0. The van der Waals surface area contributed by atoms with Gasteiger partial charge in [-0.1, -0.05) is 48.1 Å². The lowest BCUT2D eigenvalue weighted by atomic mass is 9.33. The average molecular weight is 487 g/mol. The average Bonchev–Trinajstić information content (AvgIpc) is 3.12. The van der Waals surface area contributed by atoms with E-state index in [9.17, 15) is 9.90 Å². The van der Waals surface area contributed by atoms with Crippen molar-refractivity contribution in [2.24, 2.45) is 51.2 Å². The number of hydrogen-bond donors (Lipinski definition) is 1. The minimum absolute atomic E-state index is 0.0836. The number of rotatable bonds is 6. The van der Waals surface area contributed by atoms with Crippen molar-refractivity contribution in [1.82, 2.24) is 0 Å². The van der Waals surface area contributed by atoms with Crippen LogP contribution in [0.4, 0.5) is 0 Å². The molecule has 0 aromatic carbocycles. The third-order valence-corrected chi connectivity index (χ3v) is 13.1. The summed E-state index contributed by atoms with van der Waals surface area (Å²) in [6.07, 6.45) is 11.6. The topological polar surface area (TPSA) is 46.5 Å². The monoisotopic (exact) mass is 486 g/mol. The molecule has 0 aliphatic heterocycles. The summed E-state index contributed by atoms with van der Waals surface area (Å²) in [5.41, 5.74) is 1.34. The van der Waals surface area contributed by atoms with Crippen LogP contribution in [-0.4, -0.2) is 23.3 Å². The van der Waals surface area contributed by atoms with Crippen LogP contribution < -0.4 is 0 Å². The molecule has 1 N–H and O–H groups in total. The molecular formula is C32H54O3. The predicted octanol–water partition coefficient (Wildman–Crippen LogP) is 7.96. The molecule has 9 atom stereocenters. The first kappa shape index (κ1) is 27.2. The smallest absolute Gasteiger partial charge is 0.302 e. The van der Waals surface area contributed by atoms with Gasteiger partial charge in [0.1, 0.15) is 0 Å². The number of carbonyl (C=O) groups is 1. The molecule has 4 aliphatic carbocycles. The molecule has 0 aromatic rings. The number of hydrogen-bond acceptors (Lipinski definition) is 3. The quantitative estimate of drug-likeness (QED) is 0.235. The highest BCUT2D eigenvalue weighted by atomic mass is 16.5. The van der Waals surface area contributed by atoms with Crippen LogP contribution in [0.25, 0.3) is 0 Å².